The van der Waals surface area contributed by atoms with Crippen molar-refractivity contribution in [2.45, 2.75) is 13.0 Å². The van der Waals surface area contributed by atoms with Crippen molar-refractivity contribution in [3.05, 3.63) is 29.8 Å². The molecule has 1 rings (SSSR count). The van der Waals surface area contributed by atoms with Crippen molar-refractivity contribution in [1.82, 2.24) is 5.32 Å². The van der Waals surface area contributed by atoms with Gasteiger partial charge in [0.05, 0.1) is 0 Å². The smallest absolute Gasteiger partial charge is 0.174 e. The highest BCUT2D eigenvalue weighted by molar-refractivity contribution is 5.27. The molecule has 0 atom stereocenters. The second-order valence-electron chi connectivity index (χ2n) is 3.34. The van der Waals surface area contributed by atoms with E-state index in [-0.39, 0.29) is 13.2 Å². The maximum absolute atomic E-state index is 8.60. The highest BCUT2D eigenvalue weighted by Crippen LogP contribution is 2.11. The lowest BCUT2D eigenvalue weighted by molar-refractivity contribution is 0.286. The zero-order chi connectivity index (χ0) is 11.6. The molecular formula is C12H16N2O2. The second-order valence-corrected chi connectivity index (χ2v) is 3.34. The summed E-state index contributed by atoms with van der Waals surface area (Å²) in [5.74, 6) is 0.709. The van der Waals surface area contributed by atoms with E-state index in [1.54, 1.807) is 0 Å². The number of nitrogens with zero attached hydrogens (tertiary/aromatic N) is 1. The summed E-state index contributed by atoms with van der Waals surface area (Å²) < 4.78 is 5.14. The van der Waals surface area contributed by atoms with Crippen LogP contribution in [0.15, 0.2) is 24.3 Å². The monoisotopic (exact) mass is 220 g/mol. The largest absolute Gasteiger partial charge is 0.479 e. The van der Waals surface area contributed by atoms with E-state index in [1.807, 2.05) is 30.3 Å². The van der Waals surface area contributed by atoms with Crippen LogP contribution in [0.2, 0.25) is 0 Å². The van der Waals surface area contributed by atoms with E-state index in [2.05, 4.69) is 5.32 Å². The number of rotatable bonds is 7. The number of aliphatic hydroxyl groups is 1. The molecule has 0 spiro atoms. The van der Waals surface area contributed by atoms with Crippen LogP contribution >= 0.6 is 0 Å². The molecule has 16 heavy (non-hydrogen) atoms. The third-order valence-corrected chi connectivity index (χ3v) is 2.07. The Balaban J connectivity index is 2.31. The van der Waals surface area contributed by atoms with E-state index in [9.17, 15) is 0 Å². The van der Waals surface area contributed by atoms with Gasteiger partial charge in [0.2, 0.25) is 0 Å². The number of hydrogen-bond acceptors (Lipinski definition) is 4. The van der Waals surface area contributed by atoms with Crippen LogP contribution in [0.3, 0.4) is 0 Å². The number of ether oxygens (including phenoxy) is 1. The first-order valence-corrected chi connectivity index (χ1v) is 5.27. The molecule has 2 N–H and O–H groups in total. The minimum absolute atomic E-state index is 0.0775. The van der Waals surface area contributed by atoms with E-state index in [1.165, 1.54) is 0 Å². The summed E-state index contributed by atoms with van der Waals surface area (Å²) in [5.41, 5.74) is 1.15. The first-order valence-electron chi connectivity index (χ1n) is 5.27. The van der Waals surface area contributed by atoms with Crippen LogP contribution in [-0.2, 0) is 6.54 Å². The quantitative estimate of drug-likeness (QED) is 0.674. The maximum atomic E-state index is 8.60. The van der Waals surface area contributed by atoms with Crippen LogP contribution in [0.1, 0.15) is 12.0 Å². The Morgan fingerprint density at radius 3 is 2.69 bits per heavy atom. The SMILES string of the molecule is N#CCOc1ccc(CNCCCO)cc1. The van der Waals surface area contributed by atoms with Crippen molar-refractivity contribution in [1.29, 1.82) is 5.26 Å². The number of nitrogens with one attached hydrogen (secondary N) is 1. The minimum atomic E-state index is 0.0775. The van der Waals surface area contributed by atoms with E-state index >= 15 is 0 Å². The molecule has 4 heteroatoms. The third-order valence-electron chi connectivity index (χ3n) is 2.07. The fraction of sp³-hybridized carbons (Fsp3) is 0.417. The second kappa shape index (κ2) is 7.69. The molecule has 0 saturated carbocycles. The highest BCUT2D eigenvalue weighted by atomic mass is 16.5. The van der Waals surface area contributed by atoms with Gasteiger partial charge >= 0.3 is 0 Å². The molecule has 86 valence electrons. The average Bonchev–Trinajstić information content (AvgIpc) is 2.33. The summed E-state index contributed by atoms with van der Waals surface area (Å²) in [6, 6.07) is 9.53. The first kappa shape index (κ1) is 12.5. The fourth-order valence-corrected chi connectivity index (χ4v) is 1.26. The van der Waals surface area contributed by atoms with Crippen LogP contribution in [0.25, 0.3) is 0 Å². The summed E-state index contributed by atoms with van der Waals surface area (Å²) in [6.07, 6.45) is 0.767. The Bertz CT molecular complexity index is 330. The van der Waals surface area contributed by atoms with Gasteiger partial charge in [-0.05, 0) is 30.7 Å². The fourth-order valence-electron chi connectivity index (χ4n) is 1.26. The topological polar surface area (TPSA) is 65.3 Å². The highest BCUT2D eigenvalue weighted by Gasteiger charge is 1.95. The lowest BCUT2D eigenvalue weighted by Gasteiger charge is -2.05. The molecule has 0 aliphatic rings. The normalized spacial score (nSPS) is 9.75. The molecule has 0 fully saturated rings. The van der Waals surface area contributed by atoms with E-state index in [4.69, 9.17) is 15.1 Å². The molecule has 0 aliphatic heterocycles. The summed E-state index contributed by atoms with van der Waals surface area (Å²) in [6.45, 7) is 1.88. The molecule has 1 aromatic rings. The summed E-state index contributed by atoms with van der Waals surface area (Å²) >= 11 is 0. The predicted molar refractivity (Wildman–Crippen MR) is 61.0 cm³/mol. The van der Waals surface area contributed by atoms with Gasteiger partial charge in [-0.3, -0.25) is 0 Å². The summed E-state index contributed by atoms with van der Waals surface area (Å²) in [7, 11) is 0. The van der Waals surface area contributed by atoms with Gasteiger partial charge in [-0.2, -0.15) is 5.26 Å². The molecule has 0 radical (unpaired) electrons. The van der Waals surface area contributed by atoms with Gasteiger partial charge in [0.1, 0.15) is 11.8 Å². The van der Waals surface area contributed by atoms with Crippen molar-refractivity contribution >= 4 is 0 Å². The van der Waals surface area contributed by atoms with Crippen LogP contribution in [0, 0.1) is 11.3 Å². The number of nitriles is 1. The van der Waals surface area contributed by atoms with Crippen molar-refractivity contribution in [3.8, 4) is 11.8 Å². The molecule has 0 unspecified atom stereocenters. The van der Waals surface area contributed by atoms with Crippen LogP contribution < -0.4 is 10.1 Å². The van der Waals surface area contributed by atoms with Gasteiger partial charge in [-0.25, -0.2) is 0 Å². The van der Waals surface area contributed by atoms with Gasteiger partial charge in [0.15, 0.2) is 6.61 Å². The van der Waals surface area contributed by atoms with Crippen LogP contribution in [-0.4, -0.2) is 24.9 Å². The molecule has 0 aromatic heterocycles. The standard InChI is InChI=1S/C12H16N2O2/c13-6-9-16-12-4-2-11(3-5-12)10-14-7-1-8-15/h2-5,14-15H,1,7-10H2. The number of hydrogen-bond donors (Lipinski definition) is 2. The van der Waals surface area contributed by atoms with Gasteiger partial charge in [0, 0.05) is 13.2 Å². The van der Waals surface area contributed by atoms with Crippen molar-refractivity contribution in [3.63, 3.8) is 0 Å². The summed E-state index contributed by atoms with van der Waals surface area (Å²) in [4.78, 5) is 0. The first-order chi connectivity index (χ1) is 7.86. The average molecular weight is 220 g/mol. The van der Waals surface area contributed by atoms with Crippen LogP contribution in [0.4, 0.5) is 0 Å². The zero-order valence-corrected chi connectivity index (χ0v) is 9.15. The van der Waals surface area contributed by atoms with Crippen molar-refractivity contribution in [2.75, 3.05) is 19.8 Å². The van der Waals surface area contributed by atoms with Gasteiger partial charge < -0.3 is 15.2 Å². The molecule has 0 amide bonds. The van der Waals surface area contributed by atoms with Gasteiger partial charge in [-0.15, -0.1) is 0 Å². The van der Waals surface area contributed by atoms with Gasteiger partial charge in [0.25, 0.3) is 0 Å². The molecular weight excluding hydrogens is 204 g/mol. The Kier molecular flexibility index (Phi) is 6.00. The van der Waals surface area contributed by atoms with E-state index < -0.39 is 0 Å². The zero-order valence-electron chi connectivity index (χ0n) is 9.15. The lowest BCUT2D eigenvalue weighted by atomic mass is 10.2. The predicted octanol–water partition coefficient (Wildman–Crippen LogP) is 1.06. The van der Waals surface area contributed by atoms with E-state index in [0.29, 0.717) is 5.75 Å². The number of benzene rings is 1. The van der Waals surface area contributed by atoms with Crippen molar-refractivity contribution in [2.24, 2.45) is 0 Å². The Labute approximate surface area is 95.5 Å². The minimum Gasteiger partial charge on any atom is -0.479 e. The van der Waals surface area contributed by atoms with E-state index in [0.717, 1.165) is 25.1 Å². The molecule has 0 aliphatic carbocycles. The third kappa shape index (κ3) is 4.78. The molecule has 1 aromatic carbocycles. The van der Waals surface area contributed by atoms with Crippen LogP contribution in [0.5, 0.6) is 5.75 Å². The van der Waals surface area contributed by atoms with Gasteiger partial charge in [-0.1, -0.05) is 12.1 Å². The Morgan fingerprint density at radius 2 is 2.06 bits per heavy atom. The Hall–Kier alpha value is -1.57. The number of aliphatic hydroxyl groups excluding tert-OH is 1. The van der Waals surface area contributed by atoms with Crippen molar-refractivity contribution < 1.29 is 9.84 Å². The Morgan fingerprint density at radius 1 is 1.31 bits per heavy atom. The molecule has 0 saturated heterocycles. The molecule has 0 bridgehead atoms. The molecule has 0 heterocycles. The lowest BCUT2D eigenvalue weighted by Crippen LogP contribution is -2.15. The maximum Gasteiger partial charge on any atom is 0.174 e. The summed E-state index contributed by atoms with van der Waals surface area (Å²) in [5, 5.41) is 20.2. The molecule has 4 nitrogen and oxygen atoms in total.